The average molecular weight is 353 g/mol. The normalized spacial score (nSPS) is 14.7. The van der Waals surface area contributed by atoms with Crippen LogP contribution < -0.4 is 0 Å². The number of unbranched alkanes of at least 4 members (excludes halogenated alkanes) is 9. The molecule has 4 heteroatoms. The first-order valence-corrected chi connectivity index (χ1v) is 9.64. The molecular formula is C21H36O4. The Labute approximate surface area is 153 Å². The Morgan fingerprint density at radius 3 is 2.00 bits per heavy atom. The molecule has 25 heavy (non-hydrogen) atoms. The van der Waals surface area contributed by atoms with Crippen LogP contribution in [0, 0.1) is 0 Å². The maximum Gasteiger partial charge on any atom is 0.186 e. The summed E-state index contributed by atoms with van der Waals surface area (Å²) in [7, 11) is 0. The summed E-state index contributed by atoms with van der Waals surface area (Å²) in [6, 6.07) is 0. The third kappa shape index (κ3) is 14.8. The van der Waals surface area contributed by atoms with Gasteiger partial charge in [-0.25, -0.2) is 0 Å². The van der Waals surface area contributed by atoms with Crippen LogP contribution in [0.4, 0.5) is 0 Å². The molecule has 0 aromatic carbocycles. The Kier molecular flexibility index (Phi) is 16.7. The number of aliphatic hydroxyl groups is 3. The van der Waals surface area contributed by atoms with Crippen LogP contribution in [0.25, 0.3) is 0 Å². The highest BCUT2D eigenvalue weighted by molar-refractivity contribution is 5.94. The third-order valence-corrected chi connectivity index (χ3v) is 4.05. The van der Waals surface area contributed by atoms with Crippen LogP contribution in [0.1, 0.15) is 71.1 Å². The second-order valence-electron chi connectivity index (χ2n) is 6.39. The van der Waals surface area contributed by atoms with Crippen LogP contribution in [-0.2, 0) is 4.79 Å². The van der Waals surface area contributed by atoms with E-state index in [0.717, 1.165) is 6.42 Å². The summed E-state index contributed by atoms with van der Waals surface area (Å²) in [6.45, 7) is 1.60. The fourth-order valence-corrected chi connectivity index (χ4v) is 2.41. The second kappa shape index (κ2) is 17.6. The zero-order chi connectivity index (χ0) is 18.8. The van der Waals surface area contributed by atoms with Gasteiger partial charge in [0.05, 0.1) is 6.61 Å². The Morgan fingerprint density at radius 1 is 0.840 bits per heavy atom. The van der Waals surface area contributed by atoms with Crippen LogP contribution in [0.2, 0.25) is 0 Å². The fourth-order valence-electron chi connectivity index (χ4n) is 2.41. The summed E-state index contributed by atoms with van der Waals surface area (Å²) < 4.78 is 0. The minimum Gasteiger partial charge on any atom is -0.394 e. The Balaban J connectivity index is 3.60. The number of rotatable bonds is 16. The van der Waals surface area contributed by atoms with Gasteiger partial charge in [0.25, 0.3) is 0 Å². The lowest BCUT2D eigenvalue weighted by molar-refractivity contribution is -0.129. The Hall–Kier alpha value is -1.23. The van der Waals surface area contributed by atoms with Gasteiger partial charge in [-0.15, -0.1) is 0 Å². The number of carbonyl (C=O) groups excluding carboxylic acids is 1. The van der Waals surface area contributed by atoms with E-state index < -0.39 is 24.6 Å². The van der Waals surface area contributed by atoms with Crippen molar-refractivity contribution in [3.8, 4) is 0 Å². The maximum atomic E-state index is 11.4. The van der Waals surface area contributed by atoms with Gasteiger partial charge in [0.1, 0.15) is 12.2 Å². The largest absolute Gasteiger partial charge is 0.394 e. The van der Waals surface area contributed by atoms with Crippen LogP contribution in [0.5, 0.6) is 0 Å². The van der Waals surface area contributed by atoms with Gasteiger partial charge < -0.3 is 15.3 Å². The molecule has 0 radical (unpaired) electrons. The van der Waals surface area contributed by atoms with E-state index in [9.17, 15) is 9.90 Å². The molecule has 4 nitrogen and oxygen atoms in total. The van der Waals surface area contributed by atoms with E-state index in [1.54, 1.807) is 6.08 Å². The molecule has 0 amide bonds. The zero-order valence-corrected chi connectivity index (χ0v) is 15.6. The molecule has 3 N–H and O–H groups in total. The maximum absolute atomic E-state index is 11.4. The number of aliphatic hydroxyl groups excluding tert-OH is 3. The lowest BCUT2D eigenvalue weighted by Crippen LogP contribution is -2.35. The molecule has 0 spiro atoms. The molecule has 0 saturated heterocycles. The first kappa shape index (κ1) is 23.8. The van der Waals surface area contributed by atoms with Crippen molar-refractivity contribution in [3.63, 3.8) is 0 Å². The molecule has 0 rings (SSSR count). The highest BCUT2D eigenvalue weighted by Crippen LogP contribution is 2.10. The first-order chi connectivity index (χ1) is 12.1. The lowest BCUT2D eigenvalue weighted by Gasteiger charge is -2.11. The predicted octanol–water partition coefficient (Wildman–Crippen LogP) is 3.86. The molecule has 0 aliphatic carbocycles. The predicted molar refractivity (Wildman–Crippen MR) is 103 cm³/mol. The first-order valence-electron chi connectivity index (χ1n) is 9.64. The summed E-state index contributed by atoms with van der Waals surface area (Å²) in [4.78, 5) is 11.4. The number of ketones is 1. The highest BCUT2D eigenvalue weighted by atomic mass is 16.4. The third-order valence-electron chi connectivity index (χ3n) is 4.05. The SMILES string of the molecule is CCCCCCCCCCC/C=C/C=C/C=C/C(=O)C(O)C(O)CO. The second-order valence-corrected chi connectivity index (χ2v) is 6.39. The van der Waals surface area contributed by atoms with E-state index in [1.165, 1.54) is 69.9 Å². The summed E-state index contributed by atoms with van der Waals surface area (Å²) in [6.07, 6.45) is 20.3. The van der Waals surface area contributed by atoms with Crippen molar-refractivity contribution in [1.82, 2.24) is 0 Å². The Morgan fingerprint density at radius 2 is 1.40 bits per heavy atom. The minimum absolute atomic E-state index is 0.620. The van der Waals surface area contributed by atoms with E-state index >= 15 is 0 Å². The molecule has 0 fully saturated rings. The number of hydrogen-bond donors (Lipinski definition) is 3. The van der Waals surface area contributed by atoms with Crippen molar-refractivity contribution in [2.45, 2.75) is 83.3 Å². The van der Waals surface area contributed by atoms with Crippen molar-refractivity contribution < 1.29 is 20.1 Å². The van der Waals surface area contributed by atoms with Gasteiger partial charge in [0.2, 0.25) is 0 Å². The van der Waals surface area contributed by atoms with Gasteiger partial charge in [0.15, 0.2) is 5.78 Å². The average Bonchev–Trinajstić information content (AvgIpc) is 2.63. The van der Waals surface area contributed by atoms with Gasteiger partial charge in [0, 0.05) is 0 Å². The van der Waals surface area contributed by atoms with E-state index in [2.05, 4.69) is 13.0 Å². The molecule has 0 aliphatic heterocycles. The standard InChI is InChI=1S/C21H36O4/c1-2-3-4-5-6-7-8-9-10-11-12-13-14-15-16-17-19(23)21(25)20(24)18-22/h12-17,20-22,24-25H,2-11,18H2,1H3/b13-12+,15-14+,17-16+. The van der Waals surface area contributed by atoms with Crippen molar-refractivity contribution in [3.05, 3.63) is 36.5 Å². The molecular weight excluding hydrogens is 316 g/mol. The van der Waals surface area contributed by atoms with Crippen molar-refractivity contribution in [2.75, 3.05) is 6.61 Å². The lowest BCUT2D eigenvalue weighted by atomic mass is 10.1. The number of hydrogen-bond acceptors (Lipinski definition) is 4. The monoisotopic (exact) mass is 352 g/mol. The zero-order valence-electron chi connectivity index (χ0n) is 15.6. The molecule has 0 aliphatic rings. The summed E-state index contributed by atoms with van der Waals surface area (Å²) in [5.41, 5.74) is 0. The van der Waals surface area contributed by atoms with E-state index in [4.69, 9.17) is 10.2 Å². The molecule has 0 aromatic heterocycles. The van der Waals surface area contributed by atoms with Crippen LogP contribution >= 0.6 is 0 Å². The van der Waals surface area contributed by atoms with E-state index in [0.29, 0.717) is 0 Å². The quantitative estimate of drug-likeness (QED) is 0.224. The van der Waals surface area contributed by atoms with Crippen LogP contribution in [0.3, 0.4) is 0 Å². The van der Waals surface area contributed by atoms with Gasteiger partial charge in [-0.2, -0.15) is 0 Å². The topological polar surface area (TPSA) is 77.8 Å². The number of allylic oxidation sites excluding steroid dienone is 5. The Bertz CT molecular complexity index is 399. The van der Waals surface area contributed by atoms with E-state index in [-0.39, 0.29) is 0 Å². The van der Waals surface area contributed by atoms with Gasteiger partial charge in [-0.1, -0.05) is 88.7 Å². The molecule has 2 unspecified atom stereocenters. The minimum atomic E-state index is -1.57. The van der Waals surface area contributed by atoms with Crippen molar-refractivity contribution >= 4 is 5.78 Å². The van der Waals surface area contributed by atoms with Crippen LogP contribution in [-0.4, -0.2) is 39.9 Å². The van der Waals surface area contributed by atoms with Gasteiger partial charge in [-0.05, 0) is 18.9 Å². The molecule has 0 heterocycles. The highest BCUT2D eigenvalue weighted by Gasteiger charge is 2.20. The molecule has 2 atom stereocenters. The fraction of sp³-hybridized carbons (Fsp3) is 0.667. The molecule has 144 valence electrons. The van der Waals surface area contributed by atoms with E-state index in [1.807, 2.05) is 12.2 Å². The van der Waals surface area contributed by atoms with Crippen molar-refractivity contribution in [1.29, 1.82) is 0 Å². The summed E-state index contributed by atoms with van der Waals surface area (Å²) in [5.74, 6) is -0.620. The number of carbonyl (C=O) groups is 1. The van der Waals surface area contributed by atoms with Crippen LogP contribution in [0.15, 0.2) is 36.5 Å². The molecule has 0 bridgehead atoms. The van der Waals surface area contributed by atoms with Gasteiger partial charge in [-0.3, -0.25) is 4.79 Å². The van der Waals surface area contributed by atoms with Crippen molar-refractivity contribution in [2.24, 2.45) is 0 Å². The summed E-state index contributed by atoms with van der Waals surface area (Å²) >= 11 is 0. The molecule has 0 aromatic rings. The smallest absolute Gasteiger partial charge is 0.186 e. The molecule has 0 saturated carbocycles. The van der Waals surface area contributed by atoms with Gasteiger partial charge >= 0.3 is 0 Å². The summed E-state index contributed by atoms with van der Waals surface area (Å²) in [5, 5.41) is 27.1.